The summed E-state index contributed by atoms with van der Waals surface area (Å²) in [6.45, 7) is 5.96. The van der Waals surface area contributed by atoms with Crippen LogP contribution < -0.4 is 5.73 Å². The maximum atomic E-state index is 11.2. The van der Waals surface area contributed by atoms with Crippen molar-refractivity contribution in [3.05, 3.63) is 0 Å². The van der Waals surface area contributed by atoms with Crippen molar-refractivity contribution in [3.63, 3.8) is 0 Å². The molecular formula is C9H19NO2. The van der Waals surface area contributed by atoms with Crippen LogP contribution in [0.3, 0.4) is 0 Å². The van der Waals surface area contributed by atoms with Crippen LogP contribution in [0.2, 0.25) is 0 Å². The van der Waals surface area contributed by atoms with E-state index in [0.717, 1.165) is 12.8 Å². The molecule has 0 saturated carbocycles. The van der Waals surface area contributed by atoms with E-state index in [0.29, 0.717) is 0 Å². The standard InChI is InChI=1S/C9H19NO2/c1-4-5-8(10)9(11)6-12-7(2)3/h7-8H,4-6,10H2,1-3H3. The van der Waals surface area contributed by atoms with E-state index in [1.54, 1.807) is 0 Å². The van der Waals surface area contributed by atoms with E-state index in [-0.39, 0.29) is 24.5 Å². The molecule has 0 aliphatic heterocycles. The molecule has 0 amide bonds. The van der Waals surface area contributed by atoms with Crippen LogP contribution in [0, 0.1) is 0 Å². The zero-order valence-electron chi connectivity index (χ0n) is 8.17. The monoisotopic (exact) mass is 173 g/mol. The van der Waals surface area contributed by atoms with E-state index in [2.05, 4.69) is 0 Å². The number of carbonyl (C=O) groups is 1. The molecule has 0 radical (unpaired) electrons. The van der Waals surface area contributed by atoms with E-state index in [4.69, 9.17) is 10.5 Å². The summed E-state index contributed by atoms with van der Waals surface area (Å²) in [5, 5.41) is 0. The molecule has 0 aromatic carbocycles. The van der Waals surface area contributed by atoms with E-state index in [1.165, 1.54) is 0 Å². The Morgan fingerprint density at radius 1 is 1.50 bits per heavy atom. The Morgan fingerprint density at radius 2 is 2.08 bits per heavy atom. The molecule has 12 heavy (non-hydrogen) atoms. The summed E-state index contributed by atoms with van der Waals surface area (Å²) in [6.07, 6.45) is 1.79. The Bertz CT molecular complexity index is 134. The maximum absolute atomic E-state index is 11.2. The minimum absolute atomic E-state index is 0.00514. The summed E-state index contributed by atoms with van der Waals surface area (Å²) < 4.78 is 5.14. The van der Waals surface area contributed by atoms with E-state index < -0.39 is 0 Å². The number of carbonyl (C=O) groups excluding carboxylic acids is 1. The Kier molecular flexibility index (Phi) is 5.93. The second-order valence-corrected chi connectivity index (χ2v) is 3.22. The van der Waals surface area contributed by atoms with Crippen LogP contribution in [0.25, 0.3) is 0 Å². The molecule has 0 aromatic heterocycles. The highest BCUT2D eigenvalue weighted by atomic mass is 16.5. The van der Waals surface area contributed by atoms with Crippen molar-refractivity contribution in [3.8, 4) is 0 Å². The molecule has 3 heteroatoms. The molecule has 0 saturated heterocycles. The van der Waals surface area contributed by atoms with Gasteiger partial charge >= 0.3 is 0 Å². The fourth-order valence-corrected chi connectivity index (χ4v) is 0.828. The molecule has 0 aromatic rings. The van der Waals surface area contributed by atoms with Gasteiger partial charge in [0.15, 0.2) is 5.78 Å². The van der Waals surface area contributed by atoms with Crippen molar-refractivity contribution in [2.24, 2.45) is 5.73 Å². The molecule has 72 valence electrons. The van der Waals surface area contributed by atoms with Crippen LogP contribution in [-0.2, 0) is 9.53 Å². The predicted octanol–water partition coefficient (Wildman–Crippen LogP) is 1.11. The lowest BCUT2D eigenvalue weighted by Gasteiger charge is -2.10. The van der Waals surface area contributed by atoms with Crippen LogP contribution >= 0.6 is 0 Å². The Hall–Kier alpha value is -0.410. The highest BCUT2D eigenvalue weighted by Gasteiger charge is 2.12. The lowest BCUT2D eigenvalue weighted by Crippen LogP contribution is -2.33. The lowest BCUT2D eigenvalue weighted by molar-refractivity contribution is -0.126. The summed E-state index contributed by atoms with van der Waals surface area (Å²) in [5.74, 6) is 0.00514. The average Bonchev–Trinajstić information content (AvgIpc) is 2.00. The molecule has 2 N–H and O–H groups in total. The van der Waals surface area contributed by atoms with Gasteiger partial charge in [-0.05, 0) is 20.3 Å². The number of hydrogen-bond donors (Lipinski definition) is 1. The predicted molar refractivity (Wildman–Crippen MR) is 49.0 cm³/mol. The summed E-state index contributed by atoms with van der Waals surface area (Å²) in [6, 6.07) is -0.339. The third kappa shape index (κ3) is 5.27. The van der Waals surface area contributed by atoms with Gasteiger partial charge in [0.05, 0.1) is 12.1 Å². The van der Waals surface area contributed by atoms with Crippen LogP contribution in [0.1, 0.15) is 33.6 Å². The molecule has 0 rings (SSSR count). The first-order valence-electron chi connectivity index (χ1n) is 4.47. The maximum Gasteiger partial charge on any atom is 0.175 e. The molecule has 0 heterocycles. The van der Waals surface area contributed by atoms with Gasteiger partial charge in [0.25, 0.3) is 0 Å². The minimum atomic E-state index is -0.339. The molecule has 1 unspecified atom stereocenters. The molecule has 1 atom stereocenters. The Labute approximate surface area is 74.3 Å². The fourth-order valence-electron chi connectivity index (χ4n) is 0.828. The molecule has 0 aliphatic carbocycles. The van der Waals surface area contributed by atoms with Crippen molar-refractivity contribution < 1.29 is 9.53 Å². The van der Waals surface area contributed by atoms with Crippen molar-refractivity contribution in [1.82, 2.24) is 0 Å². The van der Waals surface area contributed by atoms with Gasteiger partial charge in [-0.15, -0.1) is 0 Å². The zero-order chi connectivity index (χ0) is 9.56. The normalized spacial score (nSPS) is 13.4. The highest BCUT2D eigenvalue weighted by Crippen LogP contribution is 1.96. The smallest absolute Gasteiger partial charge is 0.175 e. The first-order chi connectivity index (χ1) is 5.57. The van der Waals surface area contributed by atoms with Gasteiger partial charge in [-0.2, -0.15) is 0 Å². The first kappa shape index (κ1) is 11.6. The number of hydrogen-bond acceptors (Lipinski definition) is 3. The third-order valence-electron chi connectivity index (χ3n) is 1.57. The number of nitrogens with two attached hydrogens (primary N) is 1. The molecule has 0 aliphatic rings. The van der Waals surface area contributed by atoms with Gasteiger partial charge in [0.1, 0.15) is 6.61 Å². The number of rotatable bonds is 6. The first-order valence-corrected chi connectivity index (χ1v) is 4.47. The quantitative estimate of drug-likeness (QED) is 0.654. The largest absolute Gasteiger partial charge is 0.371 e. The zero-order valence-corrected chi connectivity index (χ0v) is 8.17. The van der Waals surface area contributed by atoms with Gasteiger partial charge in [0.2, 0.25) is 0 Å². The van der Waals surface area contributed by atoms with Crippen LogP contribution in [0.15, 0.2) is 0 Å². The second kappa shape index (κ2) is 6.14. The fraction of sp³-hybridized carbons (Fsp3) is 0.889. The van der Waals surface area contributed by atoms with Gasteiger partial charge < -0.3 is 10.5 Å². The summed E-state index contributed by atoms with van der Waals surface area (Å²) >= 11 is 0. The van der Waals surface area contributed by atoms with Crippen molar-refractivity contribution >= 4 is 5.78 Å². The third-order valence-corrected chi connectivity index (χ3v) is 1.57. The molecule has 3 nitrogen and oxygen atoms in total. The lowest BCUT2D eigenvalue weighted by atomic mass is 10.1. The Morgan fingerprint density at radius 3 is 2.50 bits per heavy atom. The number of ketones is 1. The highest BCUT2D eigenvalue weighted by molar-refractivity contribution is 5.84. The van der Waals surface area contributed by atoms with Gasteiger partial charge in [-0.3, -0.25) is 4.79 Å². The summed E-state index contributed by atoms with van der Waals surface area (Å²) in [5.41, 5.74) is 5.58. The van der Waals surface area contributed by atoms with Crippen molar-refractivity contribution in [1.29, 1.82) is 0 Å². The molecule has 0 bridgehead atoms. The average molecular weight is 173 g/mol. The molecule has 0 fully saturated rings. The van der Waals surface area contributed by atoms with Crippen LogP contribution in [0.4, 0.5) is 0 Å². The number of Topliss-reactive ketones (excluding diaryl/α,β-unsaturated/α-hetero) is 1. The number of ether oxygens (including phenoxy) is 1. The van der Waals surface area contributed by atoms with Crippen LogP contribution in [0.5, 0.6) is 0 Å². The minimum Gasteiger partial charge on any atom is -0.371 e. The topological polar surface area (TPSA) is 52.3 Å². The molecular weight excluding hydrogens is 154 g/mol. The van der Waals surface area contributed by atoms with Gasteiger partial charge in [0, 0.05) is 0 Å². The Balaban J connectivity index is 3.57. The summed E-state index contributed by atoms with van der Waals surface area (Å²) in [7, 11) is 0. The van der Waals surface area contributed by atoms with Crippen molar-refractivity contribution in [2.45, 2.75) is 45.8 Å². The van der Waals surface area contributed by atoms with Crippen molar-refractivity contribution in [2.75, 3.05) is 6.61 Å². The van der Waals surface area contributed by atoms with Gasteiger partial charge in [-0.1, -0.05) is 13.3 Å². The van der Waals surface area contributed by atoms with E-state index >= 15 is 0 Å². The summed E-state index contributed by atoms with van der Waals surface area (Å²) in [4.78, 5) is 11.2. The van der Waals surface area contributed by atoms with E-state index in [9.17, 15) is 4.79 Å². The van der Waals surface area contributed by atoms with Gasteiger partial charge in [-0.25, -0.2) is 0 Å². The van der Waals surface area contributed by atoms with E-state index in [1.807, 2.05) is 20.8 Å². The molecule has 0 spiro atoms. The van der Waals surface area contributed by atoms with Crippen LogP contribution in [-0.4, -0.2) is 24.5 Å². The second-order valence-electron chi connectivity index (χ2n) is 3.22. The SMILES string of the molecule is CCCC(N)C(=O)COC(C)C.